The molecule has 3 rings (SSSR count). The van der Waals surface area contributed by atoms with Crippen molar-refractivity contribution in [2.45, 2.75) is 12.0 Å². The zero-order chi connectivity index (χ0) is 17.9. The third-order valence-electron chi connectivity index (χ3n) is 4.27. The number of esters is 1. The number of hydrogen-bond acceptors (Lipinski definition) is 4. The summed E-state index contributed by atoms with van der Waals surface area (Å²) >= 11 is 0. The standard InChI is InChI=1S/C19H18N2O4/c1-25-16(22)13-21-17(23)19(20-18(21)24,15-10-6-3-7-11-15)12-14-8-4-2-5-9-14/h2-11H,12-13H2,1H3,(H,20,24)/t19-/m0/s1. The highest BCUT2D eigenvalue weighted by molar-refractivity contribution is 6.09. The molecule has 1 saturated heterocycles. The van der Waals surface area contributed by atoms with E-state index in [0.29, 0.717) is 12.0 Å². The van der Waals surface area contributed by atoms with E-state index in [4.69, 9.17) is 0 Å². The lowest BCUT2D eigenvalue weighted by Gasteiger charge is -2.27. The van der Waals surface area contributed by atoms with Gasteiger partial charge in [-0.25, -0.2) is 4.79 Å². The largest absolute Gasteiger partial charge is 0.468 e. The molecule has 128 valence electrons. The van der Waals surface area contributed by atoms with E-state index < -0.39 is 30.0 Å². The molecule has 6 heteroatoms. The van der Waals surface area contributed by atoms with E-state index in [0.717, 1.165) is 10.5 Å². The number of methoxy groups -OCH3 is 1. The van der Waals surface area contributed by atoms with Crippen LogP contribution in [0.25, 0.3) is 0 Å². The predicted octanol–water partition coefficient (Wildman–Crippen LogP) is 1.85. The second-order valence-electron chi connectivity index (χ2n) is 5.83. The van der Waals surface area contributed by atoms with E-state index in [1.165, 1.54) is 7.11 Å². The van der Waals surface area contributed by atoms with Crippen LogP contribution in [0.5, 0.6) is 0 Å². The molecular weight excluding hydrogens is 320 g/mol. The van der Waals surface area contributed by atoms with E-state index in [1.807, 2.05) is 48.5 Å². The molecule has 3 amide bonds. The Kier molecular flexibility index (Phi) is 4.52. The Bertz CT molecular complexity index is 792. The van der Waals surface area contributed by atoms with Crippen LogP contribution in [0.3, 0.4) is 0 Å². The van der Waals surface area contributed by atoms with Gasteiger partial charge in [0, 0.05) is 6.42 Å². The average molecular weight is 338 g/mol. The van der Waals surface area contributed by atoms with Crippen molar-refractivity contribution in [2.24, 2.45) is 0 Å². The topological polar surface area (TPSA) is 75.7 Å². The monoisotopic (exact) mass is 338 g/mol. The number of nitrogens with zero attached hydrogens (tertiary/aromatic N) is 1. The van der Waals surface area contributed by atoms with Crippen molar-refractivity contribution >= 4 is 17.9 Å². The first-order valence-electron chi connectivity index (χ1n) is 7.87. The number of carbonyl (C=O) groups excluding carboxylic acids is 3. The van der Waals surface area contributed by atoms with Crippen molar-refractivity contribution in [2.75, 3.05) is 13.7 Å². The SMILES string of the molecule is COC(=O)CN1C(=O)N[C@@](Cc2ccccc2)(c2ccccc2)C1=O. The molecule has 2 aromatic carbocycles. The van der Waals surface area contributed by atoms with Crippen LogP contribution in [0.4, 0.5) is 4.79 Å². The maximum absolute atomic E-state index is 13.1. The molecule has 6 nitrogen and oxygen atoms in total. The minimum absolute atomic E-state index is 0.292. The number of nitrogens with one attached hydrogen (secondary N) is 1. The Morgan fingerprint density at radius 3 is 2.24 bits per heavy atom. The van der Waals surface area contributed by atoms with E-state index in [9.17, 15) is 14.4 Å². The number of amides is 3. The maximum atomic E-state index is 13.1. The third kappa shape index (κ3) is 3.10. The van der Waals surface area contributed by atoms with Crippen LogP contribution in [0, 0.1) is 0 Å². The van der Waals surface area contributed by atoms with Gasteiger partial charge in [-0.05, 0) is 11.1 Å². The van der Waals surface area contributed by atoms with Crippen molar-refractivity contribution in [3.8, 4) is 0 Å². The quantitative estimate of drug-likeness (QED) is 0.667. The summed E-state index contributed by atoms with van der Waals surface area (Å²) in [5.74, 6) is -1.11. The minimum atomic E-state index is -1.24. The van der Waals surface area contributed by atoms with Crippen LogP contribution in [0.1, 0.15) is 11.1 Å². The Hall–Kier alpha value is -3.15. The van der Waals surface area contributed by atoms with Gasteiger partial charge in [0.25, 0.3) is 5.91 Å². The van der Waals surface area contributed by atoms with E-state index in [-0.39, 0.29) is 0 Å². The lowest BCUT2D eigenvalue weighted by molar-refractivity contribution is -0.145. The molecule has 1 N–H and O–H groups in total. The summed E-state index contributed by atoms with van der Waals surface area (Å²) in [6.07, 6.45) is 0.292. The van der Waals surface area contributed by atoms with Gasteiger partial charge in [0.15, 0.2) is 5.54 Å². The highest BCUT2D eigenvalue weighted by atomic mass is 16.5. The van der Waals surface area contributed by atoms with Gasteiger partial charge in [-0.2, -0.15) is 0 Å². The zero-order valence-electron chi connectivity index (χ0n) is 13.8. The first-order valence-corrected chi connectivity index (χ1v) is 7.87. The average Bonchev–Trinajstić information content (AvgIpc) is 2.88. The predicted molar refractivity (Wildman–Crippen MR) is 90.5 cm³/mol. The number of ether oxygens (including phenoxy) is 1. The molecular formula is C19H18N2O4. The smallest absolute Gasteiger partial charge is 0.325 e. The molecule has 0 unspecified atom stereocenters. The highest BCUT2D eigenvalue weighted by Gasteiger charge is 2.52. The normalized spacial score (nSPS) is 19.6. The molecule has 0 radical (unpaired) electrons. The van der Waals surface area contributed by atoms with Crippen molar-refractivity contribution in [3.63, 3.8) is 0 Å². The lowest BCUT2D eigenvalue weighted by atomic mass is 9.83. The second kappa shape index (κ2) is 6.76. The lowest BCUT2D eigenvalue weighted by Crippen LogP contribution is -2.46. The Morgan fingerprint density at radius 1 is 1.04 bits per heavy atom. The molecule has 1 aliphatic heterocycles. The van der Waals surface area contributed by atoms with Crippen LogP contribution in [-0.2, 0) is 26.3 Å². The van der Waals surface area contributed by atoms with E-state index in [2.05, 4.69) is 10.1 Å². The molecule has 1 heterocycles. The van der Waals surface area contributed by atoms with Crippen LogP contribution in [0.15, 0.2) is 60.7 Å². The summed E-state index contributed by atoms with van der Waals surface area (Å²) in [6, 6.07) is 17.9. The molecule has 2 aromatic rings. The molecule has 1 atom stereocenters. The fraction of sp³-hybridized carbons (Fsp3) is 0.211. The minimum Gasteiger partial charge on any atom is -0.468 e. The number of imide groups is 1. The molecule has 0 bridgehead atoms. The van der Waals surface area contributed by atoms with Crippen LogP contribution in [-0.4, -0.2) is 36.5 Å². The molecule has 1 fully saturated rings. The molecule has 1 aliphatic rings. The summed E-state index contributed by atoms with van der Waals surface area (Å²) in [5, 5.41) is 2.79. The van der Waals surface area contributed by atoms with Crippen molar-refractivity contribution in [3.05, 3.63) is 71.8 Å². The number of benzene rings is 2. The van der Waals surface area contributed by atoms with Gasteiger partial charge in [-0.15, -0.1) is 0 Å². The van der Waals surface area contributed by atoms with Crippen LogP contribution in [0.2, 0.25) is 0 Å². The third-order valence-corrected chi connectivity index (χ3v) is 4.27. The molecule has 0 spiro atoms. The summed E-state index contributed by atoms with van der Waals surface area (Å²) in [7, 11) is 1.22. The second-order valence-corrected chi connectivity index (χ2v) is 5.83. The number of rotatable bonds is 5. The van der Waals surface area contributed by atoms with E-state index in [1.54, 1.807) is 12.1 Å². The van der Waals surface area contributed by atoms with Crippen LogP contribution < -0.4 is 5.32 Å². The summed E-state index contributed by atoms with van der Waals surface area (Å²) in [4.78, 5) is 38.0. The van der Waals surface area contributed by atoms with Gasteiger partial charge in [-0.3, -0.25) is 14.5 Å². The fourth-order valence-electron chi connectivity index (χ4n) is 3.01. The van der Waals surface area contributed by atoms with E-state index >= 15 is 0 Å². The Balaban J connectivity index is 2.02. The Morgan fingerprint density at radius 2 is 1.64 bits per heavy atom. The number of urea groups is 1. The number of hydrogen-bond donors (Lipinski definition) is 1. The highest BCUT2D eigenvalue weighted by Crippen LogP contribution is 2.32. The maximum Gasteiger partial charge on any atom is 0.325 e. The fourth-order valence-corrected chi connectivity index (χ4v) is 3.01. The van der Waals surface area contributed by atoms with Gasteiger partial charge < -0.3 is 10.1 Å². The molecule has 0 aromatic heterocycles. The Labute approximate surface area is 145 Å². The van der Waals surface area contributed by atoms with Gasteiger partial charge in [-0.1, -0.05) is 60.7 Å². The van der Waals surface area contributed by atoms with Gasteiger partial charge in [0.1, 0.15) is 6.54 Å². The van der Waals surface area contributed by atoms with Crippen molar-refractivity contribution in [1.29, 1.82) is 0 Å². The van der Waals surface area contributed by atoms with Gasteiger partial charge >= 0.3 is 12.0 Å². The molecule has 0 saturated carbocycles. The first-order chi connectivity index (χ1) is 12.1. The number of carbonyl (C=O) groups is 3. The van der Waals surface area contributed by atoms with Crippen molar-refractivity contribution < 1.29 is 19.1 Å². The zero-order valence-corrected chi connectivity index (χ0v) is 13.8. The summed E-state index contributed by atoms with van der Waals surface area (Å²) < 4.78 is 4.59. The summed E-state index contributed by atoms with van der Waals surface area (Å²) in [6.45, 7) is -0.412. The first kappa shape index (κ1) is 16.7. The molecule has 0 aliphatic carbocycles. The van der Waals surface area contributed by atoms with Crippen LogP contribution >= 0.6 is 0 Å². The van der Waals surface area contributed by atoms with Gasteiger partial charge in [0.2, 0.25) is 0 Å². The molecule has 25 heavy (non-hydrogen) atoms. The van der Waals surface area contributed by atoms with Gasteiger partial charge in [0.05, 0.1) is 7.11 Å². The van der Waals surface area contributed by atoms with Crippen molar-refractivity contribution in [1.82, 2.24) is 10.2 Å². The summed E-state index contributed by atoms with van der Waals surface area (Å²) in [5.41, 5.74) is 0.331.